The summed E-state index contributed by atoms with van der Waals surface area (Å²) < 4.78 is 18.6. The highest BCUT2D eigenvalue weighted by molar-refractivity contribution is 6.00. The summed E-state index contributed by atoms with van der Waals surface area (Å²) in [5, 5.41) is 5.74. The molecule has 1 amide bonds. The van der Waals surface area contributed by atoms with Crippen molar-refractivity contribution in [1.82, 2.24) is 15.6 Å². The van der Waals surface area contributed by atoms with Crippen LogP contribution < -0.4 is 10.6 Å². The highest BCUT2D eigenvalue weighted by Crippen LogP contribution is 2.23. The summed E-state index contributed by atoms with van der Waals surface area (Å²) in [4.78, 5) is 26.9. The van der Waals surface area contributed by atoms with Crippen molar-refractivity contribution < 1.29 is 18.7 Å². The van der Waals surface area contributed by atoms with Crippen LogP contribution in [0.5, 0.6) is 0 Å². The zero-order valence-corrected chi connectivity index (χ0v) is 14.0. The Labute approximate surface area is 150 Å². The molecule has 1 aromatic heterocycles. The summed E-state index contributed by atoms with van der Waals surface area (Å²) in [7, 11) is 0. The lowest BCUT2D eigenvalue weighted by atomic mass is 10.1. The standard InChI is InChI=1S/C19H18FN3O3/c20-16-8-14(9-21-10-16)2-1-7-22-19(25)17-18(26-12-23-17)15-5-3-13(11-24)4-6-15/h3-6,8-11,23H,1-2,7,12H2,(H,22,25). The lowest BCUT2D eigenvalue weighted by Crippen LogP contribution is -2.31. The summed E-state index contributed by atoms with van der Waals surface area (Å²) in [6, 6.07) is 8.23. The molecule has 0 saturated heterocycles. The van der Waals surface area contributed by atoms with Gasteiger partial charge in [0.1, 0.15) is 17.8 Å². The number of nitrogens with zero attached hydrogens (tertiary/aromatic N) is 1. The molecule has 2 heterocycles. The van der Waals surface area contributed by atoms with E-state index in [1.54, 1.807) is 30.5 Å². The van der Waals surface area contributed by atoms with Gasteiger partial charge in [-0.2, -0.15) is 0 Å². The first kappa shape index (κ1) is 17.6. The molecule has 0 fully saturated rings. The van der Waals surface area contributed by atoms with Crippen LogP contribution >= 0.6 is 0 Å². The smallest absolute Gasteiger partial charge is 0.271 e. The van der Waals surface area contributed by atoms with Crippen molar-refractivity contribution in [3.63, 3.8) is 0 Å². The van der Waals surface area contributed by atoms with Crippen molar-refractivity contribution >= 4 is 18.0 Å². The van der Waals surface area contributed by atoms with Crippen molar-refractivity contribution in [2.75, 3.05) is 13.3 Å². The van der Waals surface area contributed by atoms with Crippen LogP contribution in [0.1, 0.15) is 27.9 Å². The maximum Gasteiger partial charge on any atom is 0.271 e. The SMILES string of the molecule is O=Cc1ccc(C2=C(C(=O)NCCCc3cncc(F)c3)NCO2)cc1. The second-order valence-electron chi connectivity index (χ2n) is 5.78. The molecule has 134 valence electrons. The molecule has 1 aliphatic heterocycles. The van der Waals surface area contributed by atoms with E-state index >= 15 is 0 Å². The van der Waals surface area contributed by atoms with E-state index in [0.29, 0.717) is 36.4 Å². The lowest BCUT2D eigenvalue weighted by molar-refractivity contribution is -0.117. The van der Waals surface area contributed by atoms with Gasteiger partial charge in [0.25, 0.3) is 5.91 Å². The van der Waals surface area contributed by atoms with Crippen LogP contribution in [0, 0.1) is 5.82 Å². The zero-order valence-electron chi connectivity index (χ0n) is 14.0. The lowest BCUT2D eigenvalue weighted by Gasteiger charge is -2.08. The number of aromatic nitrogens is 1. The molecule has 7 heteroatoms. The number of rotatable bonds is 7. The number of carbonyl (C=O) groups is 2. The second-order valence-corrected chi connectivity index (χ2v) is 5.78. The molecular weight excluding hydrogens is 337 g/mol. The minimum atomic E-state index is -0.366. The molecule has 0 spiro atoms. The van der Waals surface area contributed by atoms with Gasteiger partial charge in [0.15, 0.2) is 12.5 Å². The molecule has 2 N–H and O–H groups in total. The summed E-state index contributed by atoms with van der Waals surface area (Å²) in [6.45, 7) is 0.653. The number of aldehydes is 1. The van der Waals surface area contributed by atoms with Crippen molar-refractivity contribution in [3.8, 4) is 0 Å². The van der Waals surface area contributed by atoms with E-state index < -0.39 is 0 Å². The van der Waals surface area contributed by atoms with Gasteiger partial charge >= 0.3 is 0 Å². The number of nitrogens with one attached hydrogen (secondary N) is 2. The number of halogens is 1. The Morgan fingerprint density at radius 3 is 2.85 bits per heavy atom. The number of aryl methyl sites for hydroxylation is 1. The maximum absolute atomic E-state index is 13.1. The largest absolute Gasteiger partial charge is 0.470 e. The van der Waals surface area contributed by atoms with Crippen molar-refractivity contribution in [2.24, 2.45) is 0 Å². The molecule has 0 unspecified atom stereocenters. The van der Waals surface area contributed by atoms with Crippen LogP contribution in [0.2, 0.25) is 0 Å². The van der Waals surface area contributed by atoms with Crippen molar-refractivity contribution in [3.05, 3.63) is 70.9 Å². The molecular formula is C19H18FN3O3. The Kier molecular flexibility index (Phi) is 5.58. The van der Waals surface area contributed by atoms with Gasteiger partial charge in [-0.3, -0.25) is 14.6 Å². The summed E-state index contributed by atoms with van der Waals surface area (Å²) in [5.74, 6) is -0.183. The van der Waals surface area contributed by atoms with Gasteiger partial charge in [-0.15, -0.1) is 0 Å². The Hall–Kier alpha value is -3.22. The van der Waals surface area contributed by atoms with Gasteiger partial charge < -0.3 is 15.4 Å². The third-order valence-corrected chi connectivity index (χ3v) is 3.92. The first-order valence-corrected chi connectivity index (χ1v) is 8.21. The average Bonchev–Trinajstić information content (AvgIpc) is 3.15. The van der Waals surface area contributed by atoms with Crippen LogP contribution in [-0.4, -0.2) is 30.5 Å². The monoisotopic (exact) mass is 355 g/mol. The number of pyridine rings is 1. The Bertz CT molecular complexity index is 834. The fraction of sp³-hybridized carbons (Fsp3) is 0.211. The van der Waals surface area contributed by atoms with E-state index in [-0.39, 0.29) is 18.5 Å². The van der Waals surface area contributed by atoms with E-state index in [1.807, 2.05) is 0 Å². The van der Waals surface area contributed by atoms with E-state index in [4.69, 9.17) is 4.74 Å². The minimum absolute atomic E-state index is 0.211. The molecule has 3 rings (SSSR count). The number of amides is 1. The molecule has 0 atom stereocenters. The zero-order chi connectivity index (χ0) is 18.4. The molecule has 0 radical (unpaired) electrons. The number of carbonyl (C=O) groups excluding carboxylic acids is 2. The van der Waals surface area contributed by atoms with Crippen molar-refractivity contribution in [1.29, 1.82) is 0 Å². The maximum atomic E-state index is 13.1. The van der Waals surface area contributed by atoms with Gasteiger partial charge in [-0.05, 0) is 24.5 Å². The molecule has 1 aliphatic rings. The Morgan fingerprint density at radius 1 is 1.31 bits per heavy atom. The van der Waals surface area contributed by atoms with E-state index in [9.17, 15) is 14.0 Å². The fourth-order valence-electron chi connectivity index (χ4n) is 2.63. The number of ether oxygens (including phenoxy) is 1. The fourth-order valence-corrected chi connectivity index (χ4v) is 2.63. The van der Waals surface area contributed by atoms with Crippen LogP contribution in [0.3, 0.4) is 0 Å². The summed E-state index contributed by atoms with van der Waals surface area (Å²) in [5.41, 5.74) is 2.42. The van der Waals surface area contributed by atoms with Crippen LogP contribution in [0.25, 0.3) is 5.76 Å². The molecule has 1 aromatic carbocycles. The summed E-state index contributed by atoms with van der Waals surface area (Å²) in [6.07, 6.45) is 4.81. The molecule has 26 heavy (non-hydrogen) atoms. The third-order valence-electron chi connectivity index (χ3n) is 3.92. The van der Waals surface area contributed by atoms with E-state index in [1.165, 1.54) is 6.07 Å². The normalized spacial score (nSPS) is 13.1. The molecule has 2 aromatic rings. The first-order chi connectivity index (χ1) is 12.7. The number of hydrogen-bond donors (Lipinski definition) is 2. The van der Waals surface area contributed by atoms with Gasteiger partial charge in [0.05, 0.1) is 6.20 Å². The summed E-state index contributed by atoms with van der Waals surface area (Å²) >= 11 is 0. The predicted octanol–water partition coefficient (Wildman–Crippen LogP) is 2.03. The second kappa shape index (κ2) is 8.24. The van der Waals surface area contributed by atoms with Gasteiger partial charge in [0, 0.05) is 23.9 Å². The van der Waals surface area contributed by atoms with Crippen LogP contribution in [0.4, 0.5) is 4.39 Å². The molecule has 0 bridgehead atoms. The van der Waals surface area contributed by atoms with Crippen molar-refractivity contribution in [2.45, 2.75) is 12.8 Å². The van der Waals surface area contributed by atoms with Gasteiger partial charge in [0.2, 0.25) is 0 Å². The van der Waals surface area contributed by atoms with Gasteiger partial charge in [-0.25, -0.2) is 4.39 Å². The van der Waals surface area contributed by atoms with Crippen LogP contribution in [0.15, 0.2) is 48.4 Å². The van der Waals surface area contributed by atoms with E-state index in [2.05, 4.69) is 15.6 Å². The highest BCUT2D eigenvalue weighted by Gasteiger charge is 2.23. The quantitative estimate of drug-likeness (QED) is 0.587. The Morgan fingerprint density at radius 2 is 2.12 bits per heavy atom. The topological polar surface area (TPSA) is 80.3 Å². The van der Waals surface area contributed by atoms with Crippen LogP contribution in [-0.2, 0) is 16.0 Å². The van der Waals surface area contributed by atoms with E-state index in [0.717, 1.165) is 23.6 Å². The van der Waals surface area contributed by atoms with Gasteiger partial charge in [-0.1, -0.05) is 24.3 Å². The third kappa shape index (κ3) is 4.24. The highest BCUT2D eigenvalue weighted by atomic mass is 19.1. The first-order valence-electron chi connectivity index (χ1n) is 8.21. The number of hydrogen-bond acceptors (Lipinski definition) is 5. The predicted molar refractivity (Wildman–Crippen MR) is 93.4 cm³/mol. The molecule has 0 aliphatic carbocycles. The molecule has 6 nitrogen and oxygen atoms in total. The average molecular weight is 355 g/mol. The Balaban J connectivity index is 1.57. The minimum Gasteiger partial charge on any atom is -0.470 e. The number of benzene rings is 1. The molecule has 0 saturated carbocycles.